The van der Waals surface area contributed by atoms with Gasteiger partial charge in [-0.3, -0.25) is 4.79 Å². The summed E-state index contributed by atoms with van der Waals surface area (Å²) in [6.45, 7) is 6.70. The number of carbonyl (C=O) groups is 2. The number of aromatic carboxylic acids is 1. The molecule has 0 aliphatic carbocycles. The number of hydrogen-bond acceptors (Lipinski definition) is 3. The predicted octanol–water partition coefficient (Wildman–Crippen LogP) is 1.88. The average molecular weight is 264 g/mol. The Morgan fingerprint density at radius 2 is 2.00 bits per heavy atom. The molecule has 0 aromatic heterocycles. The Morgan fingerprint density at radius 3 is 2.53 bits per heavy atom. The van der Waals surface area contributed by atoms with E-state index in [0.717, 1.165) is 11.3 Å². The maximum atomic E-state index is 11.5. The van der Waals surface area contributed by atoms with Gasteiger partial charge in [0.1, 0.15) is 0 Å². The third kappa shape index (κ3) is 4.99. The van der Waals surface area contributed by atoms with Crippen LogP contribution in [-0.2, 0) is 4.79 Å². The van der Waals surface area contributed by atoms with Crippen LogP contribution in [0.1, 0.15) is 29.8 Å². The van der Waals surface area contributed by atoms with E-state index in [2.05, 4.69) is 10.6 Å². The molecule has 0 fully saturated rings. The summed E-state index contributed by atoms with van der Waals surface area (Å²) < 4.78 is 0. The van der Waals surface area contributed by atoms with Crippen molar-refractivity contribution in [1.29, 1.82) is 0 Å². The lowest BCUT2D eigenvalue weighted by Gasteiger charge is -2.11. The molecule has 1 rings (SSSR count). The van der Waals surface area contributed by atoms with Gasteiger partial charge < -0.3 is 15.7 Å². The van der Waals surface area contributed by atoms with Crippen LogP contribution < -0.4 is 10.6 Å². The van der Waals surface area contributed by atoms with E-state index >= 15 is 0 Å². The Hall–Kier alpha value is -2.04. The van der Waals surface area contributed by atoms with Crippen LogP contribution in [0.4, 0.5) is 5.69 Å². The van der Waals surface area contributed by atoms with Gasteiger partial charge in [-0.15, -0.1) is 0 Å². The quantitative estimate of drug-likeness (QED) is 0.733. The van der Waals surface area contributed by atoms with Crippen molar-refractivity contribution < 1.29 is 14.7 Å². The zero-order chi connectivity index (χ0) is 14.4. The van der Waals surface area contributed by atoms with Crippen molar-refractivity contribution in [2.75, 3.05) is 18.4 Å². The Balaban J connectivity index is 2.54. The van der Waals surface area contributed by atoms with Crippen LogP contribution in [0.5, 0.6) is 0 Å². The fourth-order valence-corrected chi connectivity index (χ4v) is 1.55. The lowest BCUT2D eigenvalue weighted by atomic mass is 10.1. The van der Waals surface area contributed by atoms with Crippen molar-refractivity contribution in [2.45, 2.75) is 20.8 Å². The number of carbonyl (C=O) groups excluding carboxylic acids is 1. The summed E-state index contributed by atoms with van der Waals surface area (Å²) in [6, 6.07) is 4.77. The van der Waals surface area contributed by atoms with Gasteiger partial charge in [0.2, 0.25) is 5.91 Å². The molecule has 1 amide bonds. The second-order valence-corrected chi connectivity index (χ2v) is 4.89. The molecule has 1 aromatic rings. The van der Waals surface area contributed by atoms with Gasteiger partial charge in [-0.05, 0) is 36.6 Å². The molecule has 0 aliphatic heterocycles. The Labute approximate surface area is 113 Å². The molecule has 1 aromatic carbocycles. The SMILES string of the molecule is Cc1cc(C(=O)O)ccc1NCC(=O)NCC(C)C. The molecule has 0 radical (unpaired) electrons. The van der Waals surface area contributed by atoms with Crippen molar-refractivity contribution in [3.8, 4) is 0 Å². The van der Waals surface area contributed by atoms with Gasteiger partial charge in [0.25, 0.3) is 0 Å². The largest absolute Gasteiger partial charge is 0.478 e. The highest BCUT2D eigenvalue weighted by Gasteiger charge is 2.07. The van der Waals surface area contributed by atoms with Crippen LogP contribution in [0, 0.1) is 12.8 Å². The van der Waals surface area contributed by atoms with Gasteiger partial charge in [-0.1, -0.05) is 13.8 Å². The number of aryl methyl sites for hydroxylation is 1. The van der Waals surface area contributed by atoms with Gasteiger partial charge in [0, 0.05) is 12.2 Å². The maximum Gasteiger partial charge on any atom is 0.335 e. The summed E-state index contributed by atoms with van der Waals surface area (Å²) in [5.74, 6) is -0.611. The molecule has 104 valence electrons. The lowest BCUT2D eigenvalue weighted by Crippen LogP contribution is -2.32. The van der Waals surface area contributed by atoms with Gasteiger partial charge in [0.15, 0.2) is 0 Å². The third-order valence-corrected chi connectivity index (χ3v) is 2.62. The third-order valence-electron chi connectivity index (χ3n) is 2.62. The van der Waals surface area contributed by atoms with Crippen LogP contribution >= 0.6 is 0 Å². The topological polar surface area (TPSA) is 78.4 Å². The van der Waals surface area contributed by atoms with Crippen LogP contribution in [0.3, 0.4) is 0 Å². The molecule has 0 atom stereocenters. The van der Waals surface area contributed by atoms with Crippen molar-refractivity contribution in [3.63, 3.8) is 0 Å². The molecule has 3 N–H and O–H groups in total. The molecule has 0 saturated heterocycles. The van der Waals surface area contributed by atoms with Gasteiger partial charge in [0.05, 0.1) is 12.1 Å². The van der Waals surface area contributed by atoms with Crippen molar-refractivity contribution in [3.05, 3.63) is 29.3 Å². The minimum absolute atomic E-state index is 0.0737. The molecule has 0 bridgehead atoms. The molecule has 5 heteroatoms. The van der Waals surface area contributed by atoms with Gasteiger partial charge in [-0.25, -0.2) is 4.79 Å². The van der Waals surface area contributed by atoms with Crippen molar-refractivity contribution in [1.82, 2.24) is 5.32 Å². The average Bonchev–Trinajstić information content (AvgIpc) is 2.34. The molecule has 0 saturated carbocycles. The van der Waals surface area contributed by atoms with E-state index in [4.69, 9.17) is 5.11 Å². The number of anilines is 1. The van der Waals surface area contributed by atoms with Crippen molar-refractivity contribution >= 4 is 17.6 Å². The fourth-order valence-electron chi connectivity index (χ4n) is 1.55. The lowest BCUT2D eigenvalue weighted by molar-refractivity contribution is -0.119. The molecule has 5 nitrogen and oxygen atoms in total. The molecular weight excluding hydrogens is 244 g/mol. The Kier molecular flexibility index (Phi) is 5.36. The first-order valence-corrected chi connectivity index (χ1v) is 6.24. The van der Waals surface area contributed by atoms with Crippen LogP contribution in [-0.4, -0.2) is 30.1 Å². The highest BCUT2D eigenvalue weighted by atomic mass is 16.4. The molecule has 0 spiro atoms. The summed E-state index contributed by atoms with van der Waals surface area (Å²) in [4.78, 5) is 22.3. The second-order valence-electron chi connectivity index (χ2n) is 4.89. The smallest absolute Gasteiger partial charge is 0.335 e. The Morgan fingerprint density at radius 1 is 1.32 bits per heavy atom. The highest BCUT2D eigenvalue weighted by Crippen LogP contribution is 2.16. The van der Waals surface area contributed by atoms with E-state index in [-0.39, 0.29) is 18.0 Å². The standard InChI is InChI=1S/C14H20N2O3/c1-9(2)7-16-13(17)8-15-12-5-4-11(14(18)19)6-10(12)3/h4-6,9,15H,7-8H2,1-3H3,(H,16,17)(H,18,19). The van der Waals surface area contributed by atoms with Crippen molar-refractivity contribution in [2.24, 2.45) is 5.92 Å². The number of amides is 1. The maximum absolute atomic E-state index is 11.5. The van der Waals surface area contributed by atoms with E-state index in [1.807, 2.05) is 13.8 Å². The molecule has 0 aliphatic rings. The number of carboxylic acid groups (broad SMARTS) is 1. The van der Waals surface area contributed by atoms with E-state index in [0.29, 0.717) is 12.5 Å². The first-order chi connectivity index (χ1) is 8.90. The normalized spacial score (nSPS) is 10.3. The highest BCUT2D eigenvalue weighted by molar-refractivity contribution is 5.88. The zero-order valence-corrected chi connectivity index (χ0v) is 11.5. The van der Waals surface area contributed by atoms with Crippen LogP contribution in [0.15, 0.2) is 18.2 Å². The number of rotatable bonds is 6. The minimum atomic E-state index is -0.954. The minimum Gasteiger partial charge on any atom is -0.478 e. The zero-order valence-electron chi connectivity index (χ0n) is 11.5. The van der Waals surface area contributed by atoms with E-state index in [1.165, 1.54) is 6.07 Å². The van der Waals surface area contributed by atoms with Gasteiger partial charge >= 0.3 is 5.97 Å². The van der Waals surface area contributed by atoms with E-state index in [1.54, 1.807) is 19.1 Å². The first-order valence-electron chi connectivity index (χ1n) is 6.24. The second kappa shape index (κ2) is 6.78. The summed E-state index contributed by atoms with van der Waals surface area (Å²) in [5, 5.41) is 14.7. The van der Waals surface area contributed by atoms with E-state index < -0.39 is 5.97 Å². The summed E-state index contributed by atoms with van der Waals surface area (Å²) in [7, 11) is 0. The van der Waals surface area contributed by atoms with E-state index in [9.17, 15) is 9.59 Å². The molecule has 19 heavy (non-hydrogen) atoms. The molecule has 0 heterocycles. The van der Waals surface area contributed by atoms with Gasteiger partial charge in [-0.2, -0.15) is 0 Å². The first kappa shape index (κ1) is 15.0. The fraction of sp³-hybridized carbons (Fsp3) is 0.429. The monoisotopic (exact) mass is 264 g/mol. The summed E-state index contributed by atoms with van der Waals surface area (Å²) in [6.07, 6.45) is 0. The predicted molar refractivity (Wildman–Crippen MR) is 74.5 cm³/mol. The van der Waals surface area contributed by atoms with Crippen LogP contribution in [0.2, 0.25) is 0 Å². The number of hydrogen-bond donors (Lipinski definition) is 3. The molecular formula is C14H20N2O3. The van der Waals surface area contributed by atoms with Crippen LogP contribution in [0.25, 0.3) is 0 Å². The number of benzene rings is 1. The number of nitrogens with one attached hydrogen (secondary N) is 2. The summed E-state index contributed by atoms with van der Waals surface area (Å²) in [5.41, 5.74) is 1.81. The summed E-state index contributed by atoms with van der Waals surface area (Å²) >= 11 is 0. The molecule has 0 unspecified atom stereocenters. The Bertz CT molecular complexity index is 470. The number of carboxylic acids is 1.